The van der Waals surface area contributed by atoms with Crippen LogP contribution >= 0.6 is 0 Å². The van der Waals surface area contributed by atoms with Crippen LogP contribution in [0, 0.1) is 5.82 Å². The highest BCUT2D eigenvalue weighted by Crippen LogP contribution is 2.17. The van der Waals surface area contributed by atoms with Crippen molar-refractivity contribution in [1.29, 1.82) is 0 Å². The molecule has 0 saturated heterocycles. The number of nitrogens with one attached hydrogen (secondary N) is 1. The molecular weight excluding hydrogens is 195 g/mol. The molecule has 0 unspecified atom stereocenters. The second kappa shape index (κ2) is 5.46. The number of para-hydroxylation sites is 1. The van der Waals surface area contributed by atoms with E-state index in [1.54, 1.807) is 6.07 Å². The van der Waals surface area contributed by atoms with Gasteiger partial charge >= 0.3 is 0 Å². The number of carbonyl (C=O) groups is 1. The summed E-state index contributed by atoms with van der Waals surface area (Å²) in [7, 11) is 3.87. The third-order valence-corrected chi connectivity index (χ3v) is 2.03. The molecule has 1 N–H and O–H groups in total. The maximum Gasteiger partial charge on any atom is 0.152 e. The van der Waals surface area contributed by atoms with Crippen molar-refractivity contribution < 1.29 is 9.18 Å². The van der Waals surface area contributed by atoms with Crippen LogP contribution in [0.1, 0.15) is 10.4 Å². The quantitative estimate of drug-likeness (QED) is 0.749. The van der Waals surface area contributed by atoms with Gasteiger partial charge in [0, 0.05) is 18.7 Å². The first kappa shape index (κ1) is 11.7. The monoisotopic (exact) mass is 210 g/mol. The van der Waals surface area contributed by atoms with Crippen molar-refractivity contribution >= 4 is 12.0 Å². The Morgan fingerprint density at radius 1 is 1.47 bits per heavy atom. The van der Waals surface area contributed by atoms with E-state index < -0.39 is 5.82 Å². The van der Waals surface area contributed by atoms with E-state index in [1.165, 1.54) is 12.1 Å². The highest BCUT2D eigenvalue weighted by molar-refractivity contribution is 5.84. The largest absolute Gasteiger partial charge is 0.381 e. The minimum absolute atomic E-state index is 0.286. The number of carbonyl (C=O) groups excluding carboxylic acids is 1. The number of rotatable bonds is 5. The summed E-state index contributed by atoms with van der Waals surface area (Å²) in [6.45, 7) is 1.39. The average molecular weight is 210 g/mol. The van der Waals surface area contributed by atoms with Gasteiger partial charge in [0.05, 0.1) is 5.69 Å². The maximum absolute atomic E-state index is 13.3. The van der Waals surface area contributed by atoms with Crippen LogP contribution in [-0.2, 0) is 0 Å². The van der Waals surface area contributed by atoms with Gasteiger partial charge in [-0.05, 0) is 26.2 Å². The van der Waals surface area contributed by atoms with Gasteiger partial charge in [-0.2, -0.15) is 0 Å². The summed E-state index contributed by atoms with van der Waals surface area (Å²) in [5, 5.41) is 2.92. The first-order chi connectivity index (χ1) is 7.15. The maximum atomic E-state index is 13.3. The Balaban J connectivity index is 2.70. The van der Waals surface area contributed by atoms with Crippen LogP contribution < -0.4 is 5.32 Å². The lowest BCUT2D eigenvalue weighted by atomic mass is 10.2. The molecule has 0 fully saturated rings. The molecule has 0 amide bonds. The van der Waals surface area contributed by atoms with E-state index in [9.17, 15) is 9.18 Å². The van der Waals surface area contributed by atoms with Gasteiger partial charge in [0.1, 0.15) is 5.82 Å². The van der Waals surface area contributed by atoms with Gasteiger partial charge in [0.2, 0.25) is 0 Å². The molecule has 1 aromatic rings. The number of benzene rings is 1. The predicted octanol–water partition coefficient (Wildman–Crippen LogP) is 1.61. The Kier molecular flexibility index (Phi) is 4.24. The summed E-state index contributed by atoms with van der Waals surface area (Å²) in [5.74, 6) is -0.390. The first-order valence-corrected chi connectivity index (χ1v) is 4.77. The molecule has 1 rings (SSSR count). The van der Waals surface area contributed by atoms with Gasteiger partial charge in [-0.25, -0.2) is 4.39 Å². The zero-order chi connectivity index (χ0) is 11.3. The number of aldehydes is 1. The first-order valence-electron chi connectivity index (χ1n) is 4.77. The summed E-state index contributed by atoms with van der Waals surface area (Å²) in [5.41, 5.74) is 0.642. The smallest absolute Gasteiger partial charge is 0.152 e. The van der Waals surface area contributed by atoms with Crippen LogP contribution in [0.15, 0.2) is 18.2 Å². The highest BCUT2D eigenvalue weighted by Gasteiger charge is 2.06. The van der Waals surface area contributed by atoms with Crippen LogP contribution in [0.25, 0.3) is 0 Å². The number of hydrogen-bond acceptors (Lipinski definition) is 3. The van der Waals surface area contributed by atoms with Crippen LogP contribution in [0.3, 0.4) is 0 Å². The molecule has 0 saturated carbocycles. The number of hydrogen-bond donors (Lipinski definition) is 1. The standard InChI is InChI=1S/C11H15FN2O/c1-14(2)7-6-13-11-9(8-15)4-3-5-10(11)12/h3-5,8,13H,6-7H2,1-2H3. The molecule has 0 bridgehead atoms. The Labute approximate surface area is 88.9 Å². The number of nitrogens with zero attached hydrogens (tertiary/aromatic N) is 1. The van der Waals surface area contributed by atoms with Gasteiger partial charge in [-0.15, -0.1) is 0 Å². The van der Waals surface area contributed by atoms with Crippen molar-refractivity contribution in [3.8, 4) is 0 Å². The molecular formula is C11H15FN2O. The Bertz CT molecular complexity index is 339. The zero-order valence-corrected chi connectivity index (χ0v) is 8.96. The minimum atomic E-state index is -0.390. The molecule has 0 spiro atoms. The second-order valence-corrected chi connectivity index (χ2v) is 3.55. The molecule has 0 radical (unpaired) electrons. The summed E-state index contributed by atoms with van der Waals surface area (Å²) < 4.78 is 13.3. The molecule has 0 atom stereocenters. The molecule has 1 aromatic carbocycles. The van der Waals surface area contributed by atoms with Crippen molar-refractivity contribution in [2.24, 2.45) is 0 Å². The molecule has 4 heteroatoms. The third-order valence-electron chi connectivity index (χ3n) is 2.03. The van der Waals surface area contributed by atoms with Crippen molar-refractivity contribution in [1.82, 2.24) is 4.90 Å². The van der Waals surface area contributed by atoms with Crippen molar-refractivity contribution in [3.63, 3.8) is 0 Å². The minimum Gasteiger partial charge on any atom is -0.381 e. The van der Waals surface area contributed by atoms with Gasteiger partial charge in [-0.1, -0.05) is 6.07 Å². The molecule has 0 heterocycles. The SMILES string of the molecule is CN(C)CCNc1c(F)cccc1C=O. The molecule has 3 nitrogen and oxygen atoms in total. The average Bonchev–Trinajstić information content (AvgIpc) is 2.20. The molecule has 0 aliphatic heterocycles. The summed E-state index contributed by atoms with van der Waals surface area (Å²) >= 11 is 0. The van der Waals surface area contributed by atoms with E-state index in [1.807, 2.05) is 19.0 Å². The summed E-state index contributed by atoms with van der Waals surface area (Å²) in [6.07, 6.45) is 0.654. The van der Waals surface area contributed by atoms with Crippen molar-refractivity contribution in [2.45, 2.75) is 0 Å². The Hall–Kier alpha value is -1.42. The summed E-state index contributed by atoms with van der Waals surface area (Å²) in [6, 6.07) is 4.45. The molecule has 82 valence electrons. The van der Waals surface area contributed by atoms with E-state index in [0.29, 0.717) is 18.4 Å². The lowest BCUT2D eigenvalue weighted by molar-refractivity contribution is 0.112. The molecule has 0 aliphatic rings. The van der Waals surface area contributed by atoms with Crippen LogP contribution in [0.2, 0.25) is 0 Å². The van der Waals surface area contributed by atoms with Crippen LogP contribution in [0.4, 0.5) is 10.1 Å². The van der Waals surface area contributed by atoms with Gasteiger partial charge in [0.25, 0.3) is 0 Å². The fraction of sp³-hybridized carbons (Fsp3) is 0.364. The fourth-order valence-corrected chi connectivity index (χ4v) is 1.23. The van der Waals surface area contributed by atoms with E-state index in [4.69, 9.17) is 0 Å². The Morgan fingerprint density at radius 3 is 2.80 bits per heavy atom. The van der Waals surface area contributed by atoms with E-state index in [0.717, 1.165) is 6.54 Å². The van der Waals surface area contributed by atoms with Crippen LogP contribution in [0.5, 0.6) is 0 Å². The van der Waals surface area contributed by atoms with Gasteiger partial charge < -0.3 is 10.2 Å². The van der Waals surface area contributed by atoms with Gasteiger partial charge in [0.15, 0.2) is 6.29 Å². The summed E-state index contributed by atoms with van der Waals surface area (Å²) in [4.78, 5) is 12.6. The number of likely N-dealkylation sites (N-methyl/N-ethyl adjacent to an activating group) is 1. The van der Waals surface area contributed by atoms with Crippen LogP contribution in [-0.4, -0.2) is 38.4 Å². The normalized spacial score (nSPS) is 10.4. The lowest BCUT2D eigenvalue weighted by Gasteiger charge is -2.13. The van der Waals surface area contributed by atoms with E-state index >= 15 is 0 Å². The third kappa shape index (κ3) is 3.32. The Morgan fingerprint density at radius 2 is 2.20 bits per heavy atom. The number of halogens is 1. The van der Waals surface area contributed by atoms with Gasteiger partial charge in [-0.3, -0.25) is 4.79 Å². The fourth-order valence-electron chi connectivity index (χ4n) is 1.23. The second-order valence-electron chi connectivity index (χ2n) is 3.55. The molecule has 0 aliphatic carbocycles. The predicted molar refractivity (Wildman–Crippen MR) is 58.8 cm³/mol. The topological polar surface area (TPSA) is 32.3 Å². The van der Waals surface area contributed by atoms with E-state index in [-0.39, 0.29) is 5.69 Å². The number of anilines is 1. The van der Waals surface area contributed by atoms with Crippen molar-refractivity contribution in [3.05, 3.63) is 29.6 Å². The van der Waals surface area contributed by atoms with E-state index in [2.05, 4.69) is 5.32 Å². The zero-order valence-electron chi connectivity index (χ0n) is 8.96. The molecule has 15 heavy (non-hydrogen) atoms. The lowest BCUT2D eigenvalue weighted by Crippen LogP contribution is -2.21. The van der Waals surface area contributed by atoms with Crippen molar-refractivity contribution in [2.75, 3.05) is 32.5 Å². The molecule has 0 aromatic heterocycles. The highest BCUT2D eigenvalue weighted by atomic mass is 19.1.